The molecule has 176 valence electrons. The summed E-state index contributed by atoms with van der Waals surface area (Å²) >= 11 is 1.44. The molecule has 0 aliphatic rings. The van der Waals surface area contributed by atoms with Gasteiger partial charge in [-0.3, -0.25) is 19.8 Å². The van der Waals surface area contributed by atoms with Crippen LogP contribution in [0.4, 0.5) is 10.8 Å². The largest absolute Gasteiger partial charge is 0.494 e. The van der Waals surface area contributed by atoms with E-state index in [9.17, 15) is 14.9 Å². The van der Waals surface area contributed by atoms with Gasteiger partial charge in [-0.2, -0.15) is 0 Å². The van der Waals surface area contributed by atoms with Gasteiger partial charge in [-0.15, -0.1) is 12.4 Å². The molecule has 1 heterocycles. The van der Waals surface area contributed by atoms with E-state index in [4.69, 9.17) is 9.72 Å². The maximum atomic E-state index is 13.2. The Morgan fingerprint density at radius 1 is 1.15 bits per heavy atom. The van der Waals surface area contributed by atoms with Crippen LogP contribution in [-0.4, -0.2) is 54.0 Å². The van der Waals surface area contributed by atoms with Crippen molar-refractivity contribution in [1.29, 1.82) is 0 Å². The lowest BCUT2D eigenvalue weighted by Gasteiger charge is -2.23. The molecular weight excluding hydrogens is 464 g/mol. The highest BCUT2D eigenvalue weighted by molar-refractivity contribution is 7.22. The maximum Gasteiger partial charge on any atom is 0.269 e. The number of para-hydroxylation sites is 1. The number of rotatable bonds is 10. The minimum atomic E-state index is -0.449. The Balaban J connectivity index is 0.00000385. The lowest BCUT2D eigenvalue weighted by Crippen LogP contribution is -2.38. The lowest BCUT2D eigenvalue weighted by molar-refractivity contribution is -0.384. The number of nitro groups is 1. The zero-order valence-corrected chi connectivity index (χ0v) is 20.4. The second-order valence-corrected chi connectivity index (χ2v) is 8.01. The van der Waals surface area contributed by atoms with Gasteiger partial charge < -0.3 is 9.64 Å². The molecule has 10 heteroatoms. The smallest absolute Gasteiger partial charge is 0.269 e. The average molecular weight is 491 g/mol. The third-order valence-corrected chi connectivity index (χ3v) is 6.19. The number of nitro benzene ring substituents is 1. The lowest BCUT2D eigenvalue weighted by atomic mass is 10.2. The van der Waals surface area contributed by atoms with Crippen LogP contribution >= 0.6 is 23.7 Å². The number of likely N-dealkylation sites (N-methyl/N-ethyl adjacent to an activating group) is 1. The molecule has 0 N–H and O–H groups in total. The van der Waals surface area contributed by atoms with E-state index >= 15 is 0 Å². The molecule has 1 aromatic heterocycles. The van der Waals surface area contributed by atoms with Gasteiger partial charge in [0, 0.05) is 31.3 Å². The fourth-order valence-electron chi connectivity index (χ4n) is 3.24. The third kappa shape index (κ3) is 6.50. The Kier molecular flexibility index (Phi) is 9.77. The van der Waals surface area contributed by atoms with Gasteiger partial charge in [-0.1, -0.05) is 31.3 Å². The Bertz CT molecular complexity index is 1110. The van der Waals surface area contributed by atoms with Crippen LogP contribution in [0.15, 0.2) is 48.5 Å². The molecule has 0 spiro atoms. The van der Waals surface area contributed by atoms with E-state index in [1.54, 1.807) is 30.2 Å². The summed E-state index contributed by atoms with van der Waals surface area (Å²) in [6, 6.07) is 11.8. The van der Waals surface area contributed by atoms with E-state index < -0.39 is 4.92 Å². The molecular formula is C23H27ClN4O4S. The number of hydrogen-bond donors (Lipinski definition) is 0. The molecule has 3 rings (SSSR count). The van der Waals surface area contributed by atoms with Gasteiger partial charge in [0.15, 0.2) is 5.13 Å². The van der Waals surface area contributed by atoms with E-state index in [2.05, 4.69) is 18.7 Å². The number of halogens is 1. The standard InChI is InChI=1S/C23H26N4O4S.ClH/c1-4-25(5-2)15-16-26(23-24-22-19(31-3)7-6-8-20(22)32-23)21(28)14-11-17-9-12-18(13-10-17)27(29)30;/h6-14H,4-5,15-16H2,1-3H3;1H. The van der Waals surface area contributed by atoms with Crippen LogP contribution in [0.1, 0.15) is 19.4 Å². The molecule has 0 aliphatic heterocycles. The van der Waals surface area contributed by atoms with Crippen molar-refractivity contribution < 1.29 is 14.5 Å². The Hall–Kier alpha value is -3.01. The second-order valence-electron chi connectivity index (χ2n) is 7.00. The van der Waals surface area contributed by atoms with Crippen LogP contribution in [-0.2, 0) is 4.79 Å². The van der Waals surface area contributed by atoms with Crippen molar-refractivity contribution in [1.82, 2.24) is 9.88 Å². The Morgan fingerprint density at radius 2 is 1.85 bits per heavy atom. The summed E-state index contributed by atoms with van der Waals surface area (Å²) in [6.07, 6.45) is 3.14. The molecule has 0 atom stereocenters. The first-order valence-electron chi connectivity index (χ1n) is 10.4. The topological polar surface area (TPSA) is 88.8 Å². The quantitative estimate of drug-likeness (QED) is 0.225. The number of thiazole rings is 1. The summed E-state index contributed by atoms with van der Waals surface area (Å²) in [5, 5.41) is 11.4. The van der Waals surface area contributed by atoms with E-state index in [0.29, 0.717) is 23.0 Å². The first kappa shape index (κ1) is 26.2. The van der Waals surface area contributed by atoms with E-state index in [0.717, 1.165) is 29.9 Å². The normalized spacial score (nSPS) is 11.0. The highest BCUT2D eigenvalue weighted by Crippen LogP contribution is 2.34. The summed E-state index contributed by atoms with van der Waals surface area (Å²) in [4.78, 5) is 32.1. The average Bonchev–Trinajstić information content (AvgIpc) is 3.24. The number of nitrogens with zero attached hydrogens (tertiary/aromatic N) is 4. The second kappa shape index (κ2) is 12.3. The number of fused-ring (bicyclic) bond motifs is 1. The molecule has 8 nitrogen and oxygen atoms in total. The molecule has 0 fully saturated rings. The number of benzene rings is 2. The molecule has 0 aliphatic carbocycles. The summed E-state index contributed by atoms with van der Waals surface area (Å²) in [5.41, 5.74) is 1.45. The van der Waals surface area contributed by atoms with Crippen LogP contribution < -0.4 is 9.64 Å². The van der Waals surface area contributed by atoms with Crippen molar-refractivity contribution in [3.05, 3.63) is 64.2 Å². The maximum absolute atomic E-state index is 13.2. The number of methoxy groups -OCH3 is 1. The van der Waals surface area contributed by atoms with Crippen LogP contribution in [0.2, 0.25) is 0 Å². The van der Waals surface area contributed by atoms with Gasteiger partial charge in [0.1, 0.15) is 11.3 Å². The molecule has 0 bridgehead atoms. The molecule has 3 aromatic rings. The Morgan fingerprint density at radius 3 is 2.45 bits per heavy atom. The molecule has 2 aromatic carbocycles. The predicted octanol–water partition coefficient (Wildman–Crippen LogP) is 5.02. The van der Waals surface area contributed by atoms with Gasteiger partial charge in [0.2, 0.25) is 0 Å². The summed E-state index contributed by atoms with van der Waals surface area (Å²) in [7, 11) is 1.60. The van der Waals surface area contributed by atoms with E-state index in [-0.39, 0.29) is 24.0 Å². The van der Waals surface area contributed by atoms with Crippen LogP contribution in [0.3, 0.4) is 0 Å². The number of non-ortho nitro benzene ring substituents is 1. The molecule has 0 radical (unpaired) electrons. The fraction of sp³-hybridized carbons (Fsp3) is 0.304. The monoisotopic (exact) mass is 490 g/mol. The number of carbonyl (C=O) groups is 1. The number of carbonyl (C=O) groups excluding carboxylic acids is 1. The van der Waals surface area contributed by atoms with Crippen molar-refractivity contribution in [3.8, 4) is 5.75 Å². The highest BCUT2D eigenvalue weighted by atomic mass is 35.5. The minimum Gasteiger partial charge on any atom is -0.494 e. The van der Waals surface area contributed by atoms with Crippen molar-refractivity contribution >= 4 is 56.8 Å². The fourth-order valence-corrected chi connectivity index (χ4v) is 4.25. The number of anilines is 1. The minimum absolute atomic E-state index is 0. The van der Waals surface area contributed by atoms with Crippen LogP contribution in [0, 0.1) is 10.1 Å². The van der Waals surface area contributed by atoms with Gasteiger partial charge in [0.25, 0.3) is 11.6 Å². The van der Waals surface area contributed by atoms with Crippen molar-refractivity contribution in [2.45, 2.75) is 13.8 Å². The number of aromatic nitrogens is 1. The van der Waals surface area contributed by atoms with Gasteiger partial charge >= 0.3 is 0 Å². The zero-order chi connectivity index (χ0) is 23.1. The molecule has 0 unspecified atom stereocenters. The van der Waals surface area contributed by atoms with E-state index in [1.165, 1.54) is 29.5 Å². The van der Waals surface area contributed by atoms with Crippen molar-refractivity contribution in [2.24, 2.45) is 0 Å². The predicted molar refractivity (Wildman–Crippen MR) is 136 cm³/mol. The first-order valence-corrected chi connectivity index (χ1v) is 11.2. The van der Waals surface area contributed by atoms with Crippen LogP contribution in [0.25, 0.3) is 16.3 Å². The van der Waals surface area contributed by atoms with Gasteiger partial charge in [-0.05, 0) is 49.0 Å². The molecule has 33 heavy (non-hydrogen) atoms. The highest BCUT2D eigenvalue weighted by Gasteiger charge is 2.20. The van der Waals surface area contributed by atoms with E-state index in [1.807, 2.05) is 18.2 Å². The third-order valence-electron chi connectivity index (χ3n) is 5.14. The Labute approximate surface area is 203 Å². The van der Waals surface area contributed by atoms with Gasteiger partial charge in [0.05, 0.1) is 16.7 Å². The number of ether oxygens (including phenoxy) is 1. The van der Waals surface area contributed by atoms with Gasteiger partial charge in [-0.25, -0.2) is 4.98 Å². The molecule has 0 saturated heterocycles. The summed E-state index contributed by atoms with van der Waals surface area (Å²) in [5.74, 6) is 0.469. The zero-order valence-electron chi connectivity index (χ0n) is 18.8. The summed E-state index contributed by atoms with van der Waals surface area (Å²) < 4.78 is 6.36. The van der Waals surface area contributed by atoms with Crippen molar-refractivity contribution in [2.75, 3.05) is 38.2 Å². The molecule has 0 saturated carbocycles. The first-order chi connectivity index (χ1) is 15.5. The number of hydrogen-bond acceptors (Lipinski definition) is 7. The summed E-state index contributed by atoms with van der Waals surface area (Å²) in [6.45, 7) is 7.18. The number of amides is 1. The SMILES string of the molecule is CCN(CC)CCN(C(=O)C=Cc1ccc([N+](=O)[O-])cc1)c1nc2c(OC)cccc2s1.Cl. The van der Waals surface area contributed by atoms with Crippen LogP contribution in [0.5, 0.6) is 5.75 Å². The van der Waals surface area contributed by atoms with Crippen molar-refractivity contribution in [3.63, 3.8) is 0 Å². The molecule has 1 amide bonds.